The minimum Gasteiger partial charge on any atom is -0.494 e. The van der Waals surface area contributed by atoms with E-state index in [4.69, 9.17) is 14.1 Å². The summed E-state index contributed by atoms with van der Waals surface area (Å²) < 4.78 is 17.7. The number of ether oxygens (including phenoxy) is 2. The lowest BCUT2D eigenvalue weighted by Crippen LogP contribution is -2.30. The third kappa shape index (κ3) is 7.42. The van der Waals surface area contributed by atoms with Gasteiger partial charge in [0.05, 0.1) is 12.7 Å². The quantitative estimate of drug-likeness (QED) is 0.271. The fraction of sp³-hybridized carbons (Fsp3) is 0.379. The third-order valence-electron chi connectivity index (χ3n) is 6.24. The first-order valence-corrected chi connectivity index (χ1v) is 12.7. The lowest BCUT2D eigenvalue weighted by atomic mass is 9.78. The van der Waals surface area contributed by atoms with E-state index >= 15 is 0 Å². The molecule has 4 rings (SSSR count). The van der Waals surface area contributed by atoms with Crippen LogP contribution < -0.4 is 10.2 Å². The van der Waals surface area contributed by atoms with E-state index < -0.39 is 7.12 Å². The molecule has 5 nitrogen and oxygen atoms in total. The highest BCUT2D eigenvalue weighted by atomic mass is 16.5. The Morgan fingerprint density at radius 3 is 2.14 bits per heavy atom. The Balaban J connectivity index is 1.42. The van der Waals surface area contributed by atoms with Crippen LogP contribution in [-0.2, 0) is 22.5 Å². The predicted octanol–water partition coefficient (Wildman–Crippen LogP) is 4.73. The van der Waals surface area contributed by atoms with Crippen molar-refractivity contribution in [3.8, 4) is 5.75 Å². The van der Waals surface area contributed by atoms with E-state index in [9.17, 15) is 5.02 Å². The largest absolute Gasteiger partial charge is 0.495 e. The van der Waals surface area contributed by atoms with Gasteiger partial charge in [-0.2, -0.15) is 0 Å². The number of benzene rings is 3. The summed E-state index contributed by atoms with van der Waals surface area (Å²) in [5.74, 6) is 0.698. The molecule has 3 aromatic rings. The molecule has 0 bridgehead atoms. The van der Waals surface area contributed by atoms with E-state index in [0.29, 0.717) is 25.5 Å². The van der Waals surface area contributed by atoms with Crippen molar-refractivity contribution in [3.05, 3.63) is 95.6 Å². The molecular weight excluding hydrogens is 437 g/mol. The Hall–Kier alpha value is -2.64. The van der Waals surface area contributed by atoms with Gasteiger partial charge in [-0.1, -0.05) is 86.1 Å². The molecule has 0 aromatic heterocycles. The van der Waals surface area contributed by atoms with Crippen LogP contribution in [0.2, 0.25) is 0 Å². The molecule has 1 aliphatic heterocycles. The van der Waals surface area contributed by atoms with Crippen molar-refractivity contribution in [2.45, 2.75) is 45.4 Å². The maximum absolute atomic E-state index is 10.8. The smallest absolute Gasteiger partial charge is 0.494 e. The molecule has 0 fully saturated rings. The molecule has 1 N–H and O–H groups in total. The second kappa shape index (κ2) is 13.5. The van der Waals surface area contributed by atoms with Crippen LogP contribution in [0.25, 0.3) is 0 Å². The van der Waals surface area contributed by atoms with Gasteiger partial charge in [0.1, 0.15) is 5.75 Å². The molecule has 0 unspecified atom stereocenters. The summed E-state index contributed by atoms with van der Waals surface area (Å²) in [6, 6.07) is 26.9. The Morgan fingerprint density at radius 2 is 1.49 bits per heavy atom. The highest BCUT2D eigenvalue weighted by molar-refractivity contribution is 6.62. The Labute approximate surface area is 209 Å². The summed E-state index contributed by atoms with van der Waals surface area (Å²) >= 11 is 0. The lowest BCUT2D eigenvalue weighted by Gasteiger charge is -2.26. The van der Waals surface area contributed by atoms with Crippen molar-refractivity contribution in [2.75, 3.05) is 26.4 Å². The van der Waals surface area contributed by atoms with Crippen LogP contribution >= 0.6 is 0 Å². The zero-order valence-corrected chi connectivity index (χ0v) is 20.6. The first-order valence-electron chi connectivity index (χ1n) is 12.7. The summed E-state index contributed by atoms with van der Waals surface area (Å²) in [5, 5.41) is 10.8. The van der Waals surface area contributed by atoms with Crippen LogP contribution in [-0.4, -0.2) is 43.4 Å². The summed E-state index contributed by atoms with van der Waals surface area (Å²) in [7, 11) is -0.984. The summed E-state index contributed by atoms with van der Waals surface area (Å²) in [4.78, 5) is 2.37. The van der Waals surface area contributed by atoms with Gasteiger partial charge in [-0.25, -0.2) is 0 Å². The molecule has 1 heterocycles. The van der Waals surface area contributed by atoms with Crippen LogP contribution in [0.3, 0.4) is 0 Å². The zero-order valence-electron chi connectivity index (χ0n) is 20.6. The van der Waals surface area contributed by atoms with E-state index in [-0.39, 0.29) is 6.10 Å². The van der Waals surface area contributed by atoms with Crippen LogP contribution in [0.4, 0.5) is 0 Å². The maximum Gasteiger partial charge on any atom is 0.495 e. The minimum absolute atomic E-state index is 0.228. The fourth-order valence-electron chi connectivity index (χ4n) is 4.46. The Bertz CT molecular complexity index is 976. The van der Waals surface area contributed by atoms with Crippen LogP contribution in [0.5, 0.6) is 5.75 Å². The maximum atomic E-state index is 10.8. The first kappa shape index (κ1) is 25.5. The summed E-state index contributed by atoms with van der Waals surface area (Å²) in [6.07, 6.45) is 2.81. The normalized spacial score (nSPS) is 14.9. The average Bonchev–Trinajstić information content (AvgIpc) is 3.20. The number of nitrogens with zero attached hydrogens (tertiary/aromatic N) is 1. The molecule has 0 saturated carbocycles. The van der Waals surface area contributed by atoms with E-state index in [1.165, 1.54) is 11.1 Å². The van der Waals surface area contributed by atoms with E-state index in [1.54, 1.807) is 0 Å². The topological polar surface area (TPSA) is 51.2 Å². The summed E-state index contributed by atoms with van der Waals surface area (Å²) in [5.41, 5.74) is 4.25. The van der Waals surface area contributed by atoms with Gasteiger partial charge in [0.15, 0.2) is 0 Å². The van der Waals surface area contributed by atoms with Gasteiger partial charge >= 0.3 is 7.12 Å². The van der Waals surface area contributed by atoms with Crippen LogP contribution in [0.15, 0.2) is 78.9 Å². The molecule has 1 atom stereocenters. The molecule has 6 heteroatoms. The highest BCUT2D eigenvalue weighted by Crippen LogP contribution is 2.29. The van der Waals surface area contributed by atoms with Gasteiger partial charge in [-0.3, -0.25) is 4.90 Å². The molecule has 0 radical (unpaired) electrons. The summed E-state index contributed by atoms with van der Waals surface area (Å²) in [6.45, 7) is 6.46. The molecule has 0 amide bonds. The van der Waals surface area contributed by atoms with Gasteiger partial charge < -0.3 is 19.2 Å². The van der Waals surface area contributed by atoms with E-state index in [2.05, 4.69) is 60.4 Å². The predicted molar refractivity (Wildman–Crippen MR) is 141 cm³/mol. The fourth-order valence-corrected chi connectivity index (χ4v) is 4.46. The van der Waals surface area contributed by atoms with E-state index in [1.807, 2.05) is 30.3 Å². The number of fused-ring (bicyclic) bond motifs is 1. The Morgan fingerprint density at radius 1 is 0.829 bits per heavy atom. The van der Waals surface area contributed by atoms with Gasteiger partial charge in [0, 0.05) is 44.7 Å². The molecule has 35 heavy (non-hydrogen) atoms. The van der Waals surface area contributed by atoms with Crippen LogP contribution in [0, 0.1) is 0 Å². The van der Waals surface area contributed by atoms with Crippen molar-refractivity contribution in [2.24, 2.45) is 0 Å². The van der Waals surface area contributed by atoms with Gasteiger partial charge in [-0.15, -0.1) is 0 Å². The van der Waals surface area contributed by atoms with Gasteiger partial charge in [0.25, 0.3) is 0 Å². The average molecular weight is 473 g/mol. The third-order valence-corrected chi connectivity index (χ3v) is 6.24. The van der Waals surface area contributed by atoms with Crippen molar-refractivity contribution in [3.63, 3.8) is 0 Å². The SMILES string of the molecule is CCCCOCCCOc1cccc2c1B(O)O[C@@H]2CN(Cc1ccccc1)Cc1ccccc1. The number of rotatable bonds is 14. The standard InChI is InChI=1S/C29H36BNO4/c1-2-3-18-33-19-11-20-34-27-17-10-16-26-28(35-30(32)29(26)27)23-31(21-24-12-6-4-7-13-24)22-25-14-8-5-9-15-25/h4-10,12-17,28,32H,2-3,11,18-23H2,1H3/t28-/m1/s1. The molecular formula is C29H36BNO4. The Kier molecular flexibility index (Phi) is 9.78. The molecule has 0 saturated heterocycles. The van der Waals surface area contributed by atoms with Gasteiger partial charge in [-0.05, 0) is 29.2 Å². The highest BCUT2D eigenvalue weighted by Gasteiger charge is 2.38. The number of unbranched alkanes of at least 4 members (excludes halogenated alkanes) is 1. The second-order valence-electron chi connectivity index (χ2n) is 9.04. The molecule has 184 valence electrons. The van der Waals surface area contributed by atoms with Crippen LogP contribution in [0.1, 0.15) is 49.0 Å². The molecule has 0 spiro atoms. The van der Waals surface area contributed by atoms with Crippen molar-refractivity contribution < 1.29 is 19.2 Å². The van der Waals surface area contributed by atoms with E-state index in [0.717, 1.165) is 50.0 Å². The minimum atomic E-state index is -0.984. The number of hydrogen-bond donors (Lipinski definition) is 1. The molecule has 0 aliphatic carbocycles. The monoisotopic (exact) mass is 473 g/mol. The van der Waals surface area contributed by atoms with Crippen molar-refractivity contribution >= 4 is 12.6 Å². The second-order valence-corrected chi connectivity index (χ2v) is 9.04. The number of hydrogen-bond acceptors (Lipinski definition) is 5. The molecule has 3 aromatic carbocycles. The van der Waals surface area contributed by atoms with Crippen molar-refractivity contribution in [1.29, 1.82) is 0 Å². The lowest BCUT2D eigenvalue weighted by molar-refractivity contribution is 0.117. The molecule has 1 aliphatic rings. The van der Waals surface area contributed by atoms with Gasteiger partial charge in [0.2, 0.25) is 0 Å². The van der Waals surface area contributed by atoms with Crippen molar-refractivity contribution in [1.82, 2.24) is 4.90 Å². The first-order chi connectivity index (χ1) is 17.2. The zero-order chi connectivity index (χ0) is 24.3.